The van der Waals surface area contributed by atoms with Crippen molar-refractivity contribution in [2.45, 2.75) is 38.8 Å². The average Bonchev–Trinajstić information content (AvgIpc) is 2.91. The van der Waals surface area contributed by atoms with Crippen LogP contribution in [0.4, 0.5) is 0 Å². The molecule has 27 heavy (non-hydrogen) atoms. The van der Waals surface area contributed by atoms with E-state index in [0.29, 0.717) is 19.5 Å². The fourth-order valence-corrected chi connectivity index (χ4v) is 3.29. The molecule has 1 atom stereocenters. The second-order valence-corrected chi connectivity index (χ2v) is 6.92. The Labute approximate surface area is 161 Å². The van der Waals surface area contributed by atoms with Crippen molar-refractivity contribution in [2.24, 2.45) is 0 Å². The number of hydrogen-bond acceptors (Lipinski definition) is 5. The second kappa shape index (κ2) is 10.9. The molecule has 7 nitrogen and oxygen atoms in total. The third-order valence-corrected chi connectivity index (χ3v) is 4.88. The van der Waals surface area contributed by atoms with Gasteiger partial charge in [-0.05, 0) is 30.5 Å². The quantitative estimate of drug-likeness (QED) is 0.680. The maximum atomic E-state index is 12.5. The lowest BCUT2D eigenvalue weighted by Gasteiger charge is -2.23. The summed E-state index contributed by atoms with van der Waals surface area (Å²) in [5, 5.41) is 12.1. The number of carbonyl (C=O) groups excluding carboxylic acids is 1. The average molecular weight is 377 g/mol. The first-order valence-electron chi connectivity index (χ1n) is 9.62. The van der Waals surface area contributed by atoms with E-state index in [2.05, 4.69) is 22.3 Å². The number of amides is 1. The first-order valence-corrected chi connectivity index (χ1v) is 9.62. The van der Waals surface area contributed by atoms with Gasteiger partial charge in [-0.2, -0.15) is 0 Å². The number of rotatable bonds is 9. The molecule has 1 fully saturated rings. The van der Waals surface area contributed by atoms with Gasteiger partial charge in [-0.25, -0.2) is 0 Å². The molecular formula is C20H31N3O4. The summed E-state index contributed by atoms with van der Waals surface area (Å²) in [4.78, 5) is 27.8. The van der Waals surface area contributed by atoms with Gasteiger partial charge in [-0.1, -0.05) is 25.5 Å². The van der Waals surface area contributed by atoms with Crippen LogP contribution in [0, 0.1) is 0 Å². The normalized spacial score (nSPS) is 16.6. The third-order valence-electron chi connectivity index (χ3n) is 4.88. The van der Waals surface area contributed by atoms with Gasteiger partial charge in [0, 0.05) is 32.7 Å². The zero-order valence-corrected chi connectivity index (χ0v) is 16.3. The highest BCUT2D eigenvalue weighted by Crippen LogP contribution is 2.14. The molecule has 1 saturated heterocycles. The number of hydrogen-bond donors (Lipinski definition) is 2. The molecule has 0 radical (unpaired) electrons. The van der Waals surface area contributed by atoms with Crippen LogP contribution in [0.1, 0.15) is 31.7 Å². The van der Waals surface area contributed by atoms with Crippen LogP contribution in [-0.4, -0.2) is 72.7 Å². The second-order valence-electron chi connectivity index (χ2n) is 6.92. The van der Waals surface area contributed by atoms with Gasteiger partial charge in [0.25, 0.3) is 0 Å². The van der Waals surface area contributed by atoms with Crippen molar-refractivity contribution in [1.29, 1.82) is 0 Å². The summed E-state index contributed by atoms with van der Waals surface area (Å²) in [6, 6.07) is 7.40. The molecule has 0 spiro atoms. The lowest BCUT2D eigenvalue weighted by atomic mass is 10.1. The Hall–Kier alpha value is -2.12. The van der Waals surface area contributed by atoms with Crippen molar-refractivity contribution in [3.63, 3.8) is 0 Å². The largest absolute Gasteiger partial charge is 0.497 e. The zero-order chi connectivity index (χ0) is 19.6. The lowest BCUT2D eigenvalue weighted by molar-refractivity contribution is -0.140. The molecule has 0 bridgehead atoms. The van der Waals surface area contributed by atoms with E-state index in [1.807, 2.05) is 24.0 Å². The molecule has 1 unspecified atom stereocenters. The van der Waals surface area contributed by atoms with E-state index in [0.717, 1.165) is 38.2 Å². The fourth-order valence-electron chi connectivity index (χ4n) is 3.29. The van der Waals surface area contributed by atoms with Crippen molar-refractivity contribution in [3.05, 3.63) is 29.8 Å². The molecule has 7 heteroatoms. The lowest BCUT2D eigenvalue weighted by Crippen LogP contribution is -2.45. The number of nitrogens with zero attached hydrogens (tertiary/aromatic N) is 2. The van der Waals surface area contributed by atoms with Crippen molar-refractivity contribution < 1.29 is 19.4 Å². The molecule has 1 aliphatic heterocycles. The van der Waals surface area contributed by atoms with Crippen LogP contribution in [0.2, 0.25) is 0 Å². The number of carbonyl (C=O) groups is 2. The van der Waals surface area contributed by atoms with Gasteiger partial charge in [0.15, 0.2) is 0 Å². The molecule has 0 saturated carbocycles. The minimum absolute atomic E-state index is 0.0244. The smallest absolute Gasteiger partial charge is 0.320 e. The van der Waals surface area contributed by atoms with E-state index >= 15 is 0 Å². The Morgan fingerprint density at radius 3 is 2.56 bits per heavy atom. The van der Waals surface area contributed by atoms with Crippen LogP contribution in [-0.2, 0) is 16.1 Å². The first-order chi connectivity index (χ1) is 13.0. The molecule has 1 aliphatic rings. The SMILES string of the molecule is CCCC(NCC(=O)N1CCCN(Cc2ccc(OC)cc2)CC1)C(=O)O. The highest BCUT2D eigenvalue weighted by molar-refractivity contribution is 5.80. The number of methoxy groups -OCH3 is 1. The fraction of sp³-hybridized carbons (Fsp3) is 0.600. The standard InChI is InChI=1S/C20H31N3O4/c1-3-5-18(20(25)26)21-14-19(24)23-11-4-10-22(12-13-23)15-16-6-8-17(27-2)9-7-16/h6-9,18,21H,3-5,10-15H2,1-2H3,(H,25,26). The van der Waals surface area contributed by atoms with Crippen molar-refractivity contribution in [2.75, 3.05) is 39.8 Å². The predicted molar refractivity (Wildman–Crippen MR) is 104 cm³/mol. The summed E-state index contributed by atoms with van der Waals surface area (Å²) in [7, 11) is 1.66. The van der Waals surface area contributed by atoms with E-state index in [1.54, 1.807) is 7.11 Å². The monoisotopic (exact) mass is 377 g/mol. The van der Waals surface area contributed by atoms with Gasteiger partial charge in [-0.15, -0.1) is 0 Å². The van der Waals surface area contributed by atoms with Gasteiger partial charge < -0.3 is 14.7 Å². The predicted octanol–water partition coefficient (Wildman–Crippen LogP) is 1.57. The Balaban J connectivity index is 1.80. The topological polar surface area (TPSA) is 82.1 Å². The molecular weight excluding hydrogens is 346 g/mol. The minimum Gasteiger partial charge on any atom is -0.497 e. The van der Waals surface area contributed by atoms with E-state index < -0.39 is 12.0 Å². The molecule has 1 aromatic rings. The molecule has 2 N–H and O–H groups in total. The van der Waals surface area contributed by atoms with Crippen LogP contribution in [0.3, 0.4) is 0 Å². The number of nitrogens with one attached hydrogen (secondary N) is 1. The van der Waals surface area contributed by atoms with Gasteiger partial charge in [0.1, 0.15) is 11.8 Å². The van der Waals surface area contributed by atoms with Gasteiger partial charge in [-0.3, -0.25) is 19.8 Å². The number of aliphatic carboxylic acids is 1. The van der Waals surface area contributed by atoms with E-state index in [1.165, 1.54) is 5.56 Å². The number of benzene rings is 1. The molecule has 1 amide bonds. The number of carboxylic acid groups (broad SMARTS) is 1. The molecule has 150 valence electrons. The number of carboxylic acids is 1. The van der Waals surface area contributed by atoms with Crippen LogP contribution in [0.5, 0.6) is 5.75 Å². The Kier molecular flexibility index (Phi) is 8.54. The molecule has 0 aliphatic carbocycles. The molecule has 1 heterocycles. The summed E-state index contributed by atoms with van der Waals surface area (Å²) in [6.45, 7) is 6.00. The van der Waals surface area contributed by atoms with Crippen LogP contribution in [0.25, 0.3) is 0 Å². The van der Waals surface area contributed by atoms with E-state index in [9.17, 15) is 14.7 Å². The maximum absolute atomic E-state index is 12.5. The zero-order valence-electron chi connectivity index (χ0n) is 16.3. The first kappa shape index (κ1) is 21.2. The molecule has 0 aromatic heterocycles. The Morgan fingerprint density at radius 2 is 1.93 bits per heavy atom. The summed E-state index contributed by atoms with van der Waals surface area (Å²) in [5.41, 5.74) is 1.22. The Morgan fingerprint density at radius 1 is 1.19 bits per heavy atom. The molecule has 2 rings (SSSR count). The van der Waals surface area contributed by atoms with Crippen molar-refractivity contribution in [3.8, 4) is 5.75 Å². The van der Waals surface area contributed by atoms with E-state index in [-0.39, 0.29) is 12.5 Å². The van der Waals surface area contributed by atoms with Crippen LogP contribution in [0.15, 0.2) is 24.3 Å². The summed E-state index contributed by atoms with van der Waals surface area (Å²) >= 11 is 0. The maximum Gasteiger partial charge on any atom is 0.320 e. The summed E-state index contributed by atoms with van der Waals surface area (Å²) in [6.07, 6.45) is 2.21. The van der Waals surface area contributed by atoms with Gasteiger partial charge >= 0.3 is 5.97 Å². The molecule has 1 aromatic carbocycles. The number of ether oxygens (including phenoxy) is 1. The summed E-state index contributed by atoms with van der Waals surface area (Å²) < 4.78 is 5.19. The van der Waals surface area contributed by atoms with Crippen LogP contribution < -0.4 is 10.1 Å². The highest BCUT2D eigenvalue weighted by Gasteiger charge is 2.22. The van der Waals surface area contributed by atoms with E-state index in [4.69, 9.17) is 4.74 Å². The van der Waals surface area contributed by atoms with Crippen molar-refractivity contribution >= 4 is 11.9 Å². The third kappa shape index (κ3) is 6.84. The van der Waals surface area contributed by atoms with Gasteiger partial charge in [0.2, 0.25) is 5.91 Å². The van der Waals surface area contributed by atoms with Crippen molar-refractivity contribution in [1.82, 2.24) is 15.1 Å². The van der Waals surface area contributed by atoms with Crippen LogP contribution >= 0.6 is 0 Å². The van der Waals surface area contributed by atoms with Gasteiger partial charge in [0.05, 0.1) is 13.7 Å². The summed E-state index contributed by atoms with van der Waals surface area (Å²) in [5.74, 6) is -0.0727. The Bertz CT molecular complexity index is 606. The highest BCUT2D eigenvalue weighted by atomic mass is 16.5. The minimum atomic E-state index is -0.897.